The Morgan fingerprint density at radius 2 is 2.33 bits per heavy atom. The Hall–Kier alpha value is -0.920. The van der Waals surface area contributed by atoms with Crippen LogP contribution in [0.1, 0.15) is 18.4 Å². The van der Waals surface area contributed by atoms with E-state index in [0.717, 1.165) is 12.2 Å². The van der Waals surface area contributed by atoms with Crippen molar-refractivity contribution >= 4 is 0 Å². The van der Waals surface area contributed by atoms with Crippen LogP contribution >= 0.6 is 0 Å². The fraction of sp³-hybridized carbons (Fsp3) is 0.429. The molecule has 0 saturated heterocycles. The van der Waals surface area contributed by atoms with Gasteiger partial charge < -0.3 is 9.52 Å². The molecule has 0 unspecified atom stereocenters. The highest BCUT2D eigenvalue weighted by Gasteiger charge is 2.02. The monoisotopic (exact) mass is 126 g/mol. The Labute approximate surface area is 54.1 Å². The fourth-order valence-corrected chi connectivity index (χ4v) is 0.802. The summed E-state index contributed by atoms with van der Waals surface area (Å²) >= 11 is 0. The van der Waals surface area contributed by atoms with E-state index in [1.807, 2.05) is 13.8 Å². The highest BCUT2D eigenvalue weighted by Crippen LogP contribution is 2.21. The number of rotatable bonds is 1. The molecule has 0 atom stereocenters. The van der Waals surface area contributed by atoms with E-state index >= 15 is 0 Å². The molecule has 1 aromatic rings. The first-order valence-electron chi connectivity index (χ1n) is 3.02. The summed E-state index contributed by atoms with van der Waals surface area (Å²) in [6.07, 6.45) is 0.750. The summed E-state index contributed by atoms with van der Waals surface area (Å²) in [5.41, 5.74) is 0. The quantitative estimate of drug-likeness (QED) is 0.623. The van der Waals surface area contributed by atoms with E-state index in [0.29, 0.717) is 5.76 Å². The molecule has 1 N–H and O–H groups in total. The molecule has 0 aliphatic carbocycles. The van der Waals surface area contributed by atoms with Crippen LogP contribution in [0, 0.1) is 6.92 Å². The van der Waals surface area contributed by atoms with Crippen molar-refractivity contribution in [1.82, 2.24) is 0 Å². The summed E-state index contributed by atoms with van der Waals surface area (Å²) < 4.78 is 5.11. The second kappa shape index (κ2) is 2.13. The molecule has 50 valence electrons. The van der Waals surface area contributed by atoms with Gasteiger partial charge in [0.15, 0.2) is 5.75 Å². The number of aryl methyl sites for hydroxylation is 2. The van der Waals surface area contributed by atoms with Gasteiger partial charge in [-0.05, 0) is 6.92 Å². The Bertz CT molecular complexity index is 201. The first kappa shape index (κ1) is 6.20. The number of hydrogen-bond acceptors (Lipinski definition) is 2. The van der Waals surface area contributed by atoms with Crippen molar-refractivity contribution in [2.45, 2.75) is 20.3 Å². The van der Waals surface area contributed by atoms with Gasteiger partial charge in [0.2, 0.25) is 0 Å². The SMILES string of the molecule is CCc1oc(C)cc1O. The van der Waals surface area contributed by atoms with Crippen LogP contribution in [0.25, 0.3) is 0 Å². The van der Waals surface area contributed by atoms with Gasteiger partial charge in [-0.3, -0.25) is 0 Å². The van der Waals surface area contributed by atoms with Crippen LogP contribution in [0.5, 0.6) is 5.75 Å². The predicted molar refractivity (Wildman–Crippen MR) is 34.5 cm³/mol. The topological polar surface area (TPSA) is 33.4 Å². The first-order valence-corrected chi connectivity index (χ1v) is 3.02. The summed E-state index contributed by atoms with van der Waals surface area (Å²) in [7, 11) is 0. The second-order valence-electron chi connectivity index (χ2n) is 2.02. The molecule has 0 amide bonds. The van der Waals surface area contributed by atoms with E-state index in [1.54, 1.807) is 6.07 Å². The molecular weight excluding hydrogens is 116 g/mol. The van der Waals surface area contributed by atoms with Crippen molar-refractivity contribution in [1.29, 1.82) is 0 Å². The third kappa shape index (κ3) is 1.07. The van der Waals surface area contributed by atoms with Gasteiger partial charge in [0.25, 0.3) is 0 Å². The van der Waals surface area contributed by atoms with Gasteiger partial charge in [0, 0.05) is 12.5 Å². The van der Waals surface area contributed by atoms with E-state index < -0.39 is 0 Å². The Balaban J connectivity index is 3.01. The van der Waals surface area contributed by atoms with Crippen LogP contribution in [-0.2, 0) is 6.42 Å². The average molecular weight is 126 g/mol. The first-order chi connectivity index (χ1) is 4.24. The van der Waals surface area contributed by atoms with Crippen molar-refractivity contribution < 1.29 is 9.52 Å². The Morgan fingerprint density at radius 3 is 2.56 bits per heavy atom. The van der Waals surface area contributed by atoms with Crippen LogP contribution in [0.15, 0.2) is 10.5 Å². The molecular formula is C7H10O2. The average Bonchev–Trinajstić information content (AvgIpc) is 2.10. The second-order valence-corrected chi connectivity index (χ2v) is 2.02. The maximum Gasteiger partial charge on any atom is 0.157 e. The predicted octanol–water partition coefficient (Wildman–Crippen LogP) is 1.86. The molecule has 9 heavy (non-hydrogen) atoms. The molecule has 0 radical (unpaired) electrons. The third-order valence-electron chi connectivity index (χ3n) is 1.23. The molecule has 2 heteroatoms. The summed E-state index contributed by atoms with van der Waals surface area (Å²) in [4.78, 5) is 0. The van der Waals surface area contributed by atoms with Gasteiger partial charge in [-0.25, -0.2) is 0 Å². The van der Waals surface area contributed by atoms with Crippen LogP contribution in [-0.4, -0.2) is 5.11 Å². The Morgan fingerprint density at radius 1 is 1.67 bits per heavy atom. The van der Waals surface area contributed by atoms with Gasteiger partial charge in [0.1, 0.15) is 11.5 Å². The normalized spacial score (nSPS) is 10.0. The highest BCUT2D eigenvalue weighted by molar-refractivity contribution is 5.26. The smallest absolute Gasteiger partial charge is 0.157 e. The largest absolute Gasteiger partial charge is 0.504 e. The summed E-state index contributed by atoms with van der Waals surface area (Å²) in [5, 5.41) is 9.04. The van der Waals surface area contributed by atoms with Crippen LogP contribution in [0.4, 0.5) is 0 Å². The van der Waals surface area contributed by atoms with Gasteiger partial charge in [-0.1, -0.05) is 6.92 Å². The van der Waals surface area contributed by atoms with Crippen LogP contribution in [0.3, 0.4) is 0 Å². The number of furan rings is 1. The third-order valence-corrected chi connectivity index (χ3v) is 1.23. The molecule has 0 saturated carbocycles. The molecule has 2 nitrogen and oxygen atoms in total. The van der Waals surface area contributed by atoms with Crippen molar-refractivity contribution in [3.63, 3.8) is 0 Å². The van der Waals surface area contributed by atoms with Crippen LogP contribution in [0.2, 0.25) is 0 Å². The maximum atomic E-state index is 9.04. The lowest BCUT2D eigenvalue weighted by Gasteiger charge is -1.86. The number of hydrogen-bond donors (Lipinski definition) is 1. The highest BCUT2D eigenvalue weighted by atomic mass is 16.4. The number of aromatic hydroxyl groups is 1. The fourth-order valence-electron chi connectivity index (χ4n) is 0.802. The Kier molecular flexibility index (Phi) is 1.47. The minimum absolute atomic E-state index is 0.273. The molecule has 0 bridgehead atoms. The van der Waals surface area contributed by atoms with Gasteiger partial charge >= 0.3 is 0 Å². The molecule has 0 aliphatic heterocycles. The summed E-state index contributed by atoms with van der Waals surface area (Å²) in [6, 6.07) is 1.62. The van der Waals surface area contributed by atoms with Gasteiger partial charge in [0.05, 0.1) is 0 Å². The zero-order valence-electron chi connectivity index (χ0n) is 5.64. The molecule has 1 aromatic heterocycles. The zero-order valence-corrected chi connectivity index (χ0v) is 5.64. The summed E-state index contributed by atoms with van der Waals surface area (Å²) in [5.74, 6) is 1.71. The summed E-state index contributed by atoms with van der Waals surface area (Å²) in [6.45, 7) is 3.76. The van der Waals surface area contributed by atoms with E-state index in [1.165, 1.54) is 0 Å². The van der Waals surface area contributed by atoms with Crippen molar-refractivity contribution in [2.24, 2.45) is 0 Å². The lowest BCUT2D eigenvalue weighted by molar-refractivity contribution is 0.428. The zero-order chi connectivity index (χ0) is 6.85. The van der Waals surface area contributed by atoms with Crippen LogP contribution < -0.4 is 0 Å². The minimum atomic E-state index is 0.273. The van der Waals surface area contributed by atoms with Crippen molar-refractivity contribution in [3.05, 3.63) is 17.6 Å². The maximum absolute atomic E-state index is 9.04. The lowest BCUT2D eigenvalue weighted by atomic mass is 10.3. The molecule has 1 rings (SSSR count). The molecule has 0 fully saturated rings. The van der Waals surface area contributed by atoms with Crippen molar-refractivity contribution in [3.8, 4) is 5.75 Å². The molecule has 1 heterocycles. The molecule has 0 aliphatic rings. The lowest BCUT2D eigenvalue weighted by Crippen LogP contribution is -1.71. The van der Waals surface area contributed by atoms with E-state index in [2.05, 4.69) is 0 Å². The van der Waals surface area contributed by atoms with E-state index in [-0.39, 0.29) is 5.75 Å². The minimum Gasteiger partial charge on any atom is -0.504 e. The standard InChI is InChI=1S/C7H10O2/c1-3-7-6(8)4-5(2)9-7/h4,8H,3H2,1-2H3. The molecule has 0 aromatic carbocycles. The van der Waals surface area contributed by atoms with Gasteiger partial charge in [-0.15, -0.1) is 0 Å². The van der Waals surface area contributed by atoms with Crippen molar-refractivity contribution in [2.75, 3.05) is 0 Å². The molecule has 0 spiro atoms. The van der Waals surface area contributed by atoms with E-state index in [9.17, 15) is 0 Å². The van der Waals surface area contributed by atoms with Gasteiger partial charge in [-0.2, -0.15) is 0 Å². The van der Waals surface area contributed by atoms with E-state index in [4.69, 9.17) is 9.52 Å².